The summed E-state index contributed by atoms with van der Waals surface area (Å²) in [7, 11) is 0. The van der Waals surface area contributed by atoms with Crippen LogP contribution in [-0.4, -0.2) is 40.5 Å². The molecule has 1 unspecified atom stereocenters. The van der Waals surface area contributed by atoms with Crippen molar-refractivity contribution in [3.05, 3.63) is 52.2 Å². The molecule has 0 radical (unpaired) electrons. The van der Waals surface area contributed by atoms with E-state index < -0.39 is 23.9 Å². The van der Waals surface area contributed by atoms with Gasteiger partial charge in [0.05, 0.1) is 29.4 Å². The average Bonchev–Trinajstić information content (AvgIpc) is 3.02. The quantitative estimate of drug-likeness (QED) is 0.385. The van der Waals surface area contributed by atoms with Gasteiger partial charge in [0.2, 0.25) is 0 Å². The Kier molecular flexibility index (Phi) is 7.52. The summed E-state index contributed by atoms with van der Waals surface area (Å²) < 4.78 is 10.7. The summed E-state index contributed by atoms with van der Waals surface area (Å²) in [6.07, 6.45) is 5.35. The molecule has 4 rings (SSSR count). The molecule has 1 N–H and O–H groups in total. The van der Waals surface area contributed by atoms with Gasteiger partial charge in [0.1, 0.15) is 5.00 Å². The highest BCUT2D eigenvalue weighted by Crippen LogP contribution is 2.38. The fourth-order valence-corrected chi connectivity index (χ4v) is 5.29. The van der Waals surface area contributed by atoms with Crippen LogP contribution in [0, 0.1) is 0 Å². The topological polar surface area (TPSA) is 107 Å². The first-order valence-corrected chi connectivity index (χ1v) is 12.4. The van der Waals surface area contributed by atoms with E-state index >= 15 is 0 Å². The molecule has 2 heterocycles. The molecule has 178 valence electrons. The van der Waals surface area contributed by atoms with Gasteiger partial charge in [-0.2, -0.15) is 0 Å². The maximum absolute atomic E-state index is 13.1. The molecular formula is C25H27N3O5S. The Morgan fingerprint density at radius 2 is 1.82 bits per heavy atom. The van der Waals surface area contributed by atoms with E-state index in [-0.39, 0.29) is 18.7 Å². The molecule has 1 aliphatic carbocycles. The number of ether oxygens (including phenoxy) is 2. The first-order valence-electron chi connectivity index (χ1n) is 11.6. The molecule has 0 aliphatic heterocycles. The van der Waals surface area contributed by atoms with Crippen molar-refractivity contribution in [2.75, 3.05) is 11.9 Å². The van der Waals surface area contributed by atoms with E-state index in [1.807, 2.05) is 6.07 Å². The Morgan fingerprint density at radius 3 is 2.59 bits per heavy atom. The van der Waals surface area contributed by atoms with E-state index in [9.17, 15) is 14.4 Å². The number of anilines is 1. The zero-order chi connectivity index (χ0) is 24.1. The summed E-state index contributed by atoms with van der Waals surface area (Å²) in [4.78, 5) is 48.1. The van der Waals surface area contributed by atoms with Crippen LogP contribution in [0.2, 0.25) is 0 Å². The Bertz CT molecular complexity index is 1220. The van der Waals surface area contributed by atoms with E-state index in [1.165, 1.54) is 17.5 Å². The molecule has 34 heavy (non-hydrogen) atoms. The van der Waals surface area contributed by atoms with E-state index in [4.69, 9.17) is 9.47 Å². The van der Waals surface area contributed by atoms with Gasteiger partial charge in [-0.3, -0.25) is 9.78 Å². The number of benzene rings is 1. The van der Waals surface area contributed by atoms with Gasteiger partial charge in [0, 0.05) is 4.88 Å². The van der Waals surface area contributed by atoms with Crippen molar-refractivity contribution in [1.29, 1.82) is 0 Å². The number of carbonyl (C=O) groups excluding carboxylic acids is 3. The van der Waals surface area contributed by atoms with Crippen LogP contribution in [0.15, 0.2) is 30.5 Å². The molecule has 1 aromatic carbocycles. The van der Waals surface area contributed by atoms with Crippen LogP contribution >= 0.6 is 11.3 Å². The molecule has 0 spiro atoms. The second kappa shape index (κ2) is 10.7. The fourth-order valence-electron chi connectivity index (χ4n) is 4.01. The predicted octanol–water partition coefficient (Wildman–Crippen LogP) is 4.71. The summed E-state index contributed by atoms with van der Waals surface area (Å²) in [5.74, 6) is -1.66. The summed E-state index contributed by atoms with van der Waals surface area (Å²) in [5.41, 5.74) is 2.65. The Labute approximate surface area is 201 Å². The second-order valence-electron chi connectivity index (χ2n) is 8.02. The second-order valence-corrected chi connectivity index (χ2v) is 9.13. The molecule has 9 heteroatoms. The maximum atomic E-state index is 13.1. The van der Waals surface area contributed by atoms with Crippen molar-refractivity contribution in [1.82, 2.24) is 9.97 Å². The van der Waals surface area contributed by atoms with E-state index in [1.54, 1.807) is 32.0 Å². The minimum absolute atomic E-state index is 0.0278. The number of aromatic nitrogens is 2. The van der Waals surface area contributed by atoms with Crippen LogP contribution < -0.4 is 5.32 Å². The number of amides is 1. The molecule has 0 fully saturated rings. The standard InChI is InChI=1S/C25H27N3O5S/c1-3-19(33-24(30)18-14-26-16-11-8-9-12-17(16)27-18)22(29)28-23-21(25(31)32-4-2)15-10-6-5-7-13-20(15)34-23/h8-9,11-12,14,19H,3-7,10,13H2,1-2H3,(H,28,29). The van der Waals surface area contributed by atoms with Crippen molar-refractivity contribution in [2.24, 2.45) is 0 Å². The van der Waals surface area contributed by atoms with Crippen molar-refractivity contribution >= 4 is 45.2 Å². The lowest BCUT2D eigenvalue weighted by Crippen LogP contribution is -2.32. The van der Waals surface area contributed by atoms with Crippen LogP contribution in [0.4, 0.5) is 5.00 Å². The highest BCUT2D eigenvalue weighted by Gasteiger charge is 2.29. The van der Waals surface area contributed by atoms with Gasteiger partial charge in [0.15, 0.2) is 11.8 Å². The third-order valence-electron chi connectivity index (χ3n) is 5.71. The van der Waals surface area contributed by atoms with Gasteiger partial charge in [-0.1, -0.05) is 25.5 Å². The Balaban J connectivity index is 1.53. The Hall–Kier alpha value is -3.33. The number of carbonyl (C=O) groups is 3. The smallest absolute Gasteiger partial charge is 0.359 e. The van der Waals surface area contributed by atoms with E-state index in [2.05, 4.69) is 15.3 Å². The molecule has 0 bridgehead atoms. The van der Waals surface area contributed by atoms with Gasteiger partial charge in [-0.05, 0) is 56.7 Å². The van der Waals surface area contributed by atoms with Gasteiger partial charge in [-0.15, -0.1) is 11.3 Å². The number of esters is 2. The molecule has 2 aromatic heterocycles. The highest BCUT2D eigenvalue weighted by atomic mass is 32.1. The number of nitrogens with one attached hydrogen (secondary N) is 1. The Morgan fingerprint density at radius 1 is 1.06 bits per heavy atom. The van der Waals surface area contributed by atoms with Crippen LogP contribution in [0.25, 0.3) is 11.0 Å². The molecule has 8 nitrogen and oxygen atoms in total. The molecular weight excluding hydrogens is 454 g/mol. The number of aryl methyl sites for hydroxylation is 1. The number of hydrogen-bond donors (Lipinski definition) is 1. The monoisotopic (exact) mass is 481 g/mol. The van der Waals surface area contributed by atoms with E-state index in [0.29, 0.717) is 21.6 Å². The number of hydrogen-bond acceptors (Lipinski definition) is 8. The fraction of sp³-hybridized carbons (Fsp3) is 0.400. The van der Waals surface area contributed by atoms with Crippen LogP contribution in [0.3, 0.4) is 0 Å². The van der Waals surface area contributed by atoms with Gasteiger partial charge in [-0.25, -0.2) is 14.6 Å². The van der Waals surface area contributed by atoms with Gasteiger partial charge in [0.25, 0.3) is 5.91 Å². The van der Waals surface area contributed by atoms with Crippen molar-refractivity contribution < 1.29 is 23.9 Å². The number of fused-ring (bicyclic) bond motifs is 2. The van der Waals surface area contributed by atoms with Crippen molar-refractivity contribution in [3.8, 4) is 0 Å². The normalized spacial score (nSPS) is 14.1. The molecule has 1 amide bonds. The lowest BCUT2D eigenvalue weighted by atomic mass is 10.1. The van der Waals surface area contributed by atoms with Crippen LogP contribution in [0.5, 0.6) is 0 Å². The van der Waals surface area contributed by atoms with Crippen molar-refractivity contribution in [2.45, 2.75) is 58.5 Å². The first-order chi connectivity index (χ1) is 16.5. The van der Waals surface area contributed by atoms with Crippen molar-refractivity contribution in [3.63, 3.8) is 0 Å². The van der Waals surface area contributed by atoms with Crippen LogP contribution in [-0.2, 0) is 27.1 Å². The zero-order valence-electron chi connectivity index (χ0n) is 19.3. The minimum Gasteiger partial charge on any atom is -0.462 e. The highest BCUT2D eigenvalue weighted by molar-refractivity contribution is 7.17. The lowest BCUT2D eigenvalue weighted by molar-refractivity contribution is -0.124. The molecule has 1 aliphatic rings. The number of nitrogens with zero attached hydrogens (tertiary/aromatic N) is 2. The molecule has 1 atom stereocenters. The van der Waals surface area contributed by atoms with E-state index in [0.717, 1.165) is 42.5 Å². The third kappa shape index (κ3) is 5.09. The van der Waals surface area contributed by atoms with Gasteiger partial charge >= 0.3 is 11.9 Å². The first kappa shape index (κ1) is 23.8. The predicted molar refractivity (Wildman–Crippen MR) is 129 cm³/mol. The number of thiophene rings is 1. The summed E-state index contributed by atoms with van der Waals surface area (Å²) in [6, 6.07) is 7.18. The average molecular weight is 482 g/mol. The molecule has 3 aromatic rings. The minimum atomic E-state index is -1.04. The van der Waals surface area contributed by atoms with Crippen LogP contribution in [0.1, 0.15) is 70.8 Å². The molecule has 0 saturated carbocycles. The lowest BCUT2D eigenvalue weighted by Gasteiger charge is -2.16. The summed E-state index contributed by atoms with van der Waals surface area (Å²) >= 11 is 1.41. The summed E-state index contributed by atoms with van der Waals surface area (Å²) in [6.45, 7) is 3.75. The third-order valence-corrected chi connectivity index (χ3v) is 6.92. The maximum Gasteiger partial charge on any atom is 0.359 e. The largest absolute Gasteiger partial charge is 0.462 e. The zero-order valence-corrected chi connectivity index (χ0v) is 20.1. The SMILES string of the molecule is CCOC(=O)c1c(NC(=O)C(CC)OC(=O)c2cnc3ccccc3n2)sc2c1CCCCC2. The van der Waals surface area contributed by atoms with Gasteiger partial charge < -0.3 is 14.8 Å². The number of para-hydroxylation sites is 2. The summed E-state index contributed by atoms with van der Waals surface area (Å²) in [5, 5.41) is 3.28. The molecule has 0 saturated heterocycles. The number of rotatable bonds is 7.